The van der Waals surface area contributed by atoms with Crippen LogP contribution in [0.2, 0.25) is 5.02 Å². The maximum absolute atomic E-state index is 12.8. The molecule has 0 radical (unpaired) electrons. The molecule has 0 bridgehead atoms. The SMILES string of the molecule is O=S(=O)(c1cccc(Cl)c1)N1CCOC2CCCCC21. The highest BCUT2D eigenvalue weighted by Crippen LogP contribution is 2.32. The smallest absolute Gasteiger partial charge is 0.243 e. The molecule has 110 valence electrons. The Hall–Kier alpha value is -0.620. The van der Waals surface area contributed by atoms with Crippen LogP contribution in [0, 0.1) is 0 Å². The van der Waals surface area contributed by atoms with Crippen molar-refractivity contribution in [3.05, 3.63) is 29.3 Å². The van der Waals surface area contributed by atoms with Crippen LogP contribution in [0.15, 0.2) is 29.2 Å². The highest BCUT2D eigenvalue weighted by molar-refractivity contribution is 7.89. The summed E-state index contributed by atoms with van der Waals surface area (Å²) in [4.78, 5) is 0.274. The zero-order valence-electron chi connectivity index (χ0n) is 11.2. The van der Waals surface area contributed by atoms with Crippen molar-refractivity contribution in [1.29, 1.82) is 0 Å². The predicted octanol–water partition coefficient (Wildman–Crippen LogP) is 2.67. The van der Waals surface area contributed by atoms with Gasteiger partial charge in [0, 0.05) is 11.6 Å². The quantitative estimate of drug-likeness (QED) is 0.843. The average molecular weight is 316 g/mol. The van der Waals surface area contributed by atoms with Crippen molar-refractivity contribution >= 4 is 21.6 Å². The molecule has 6 heteroatoms. The number of halogens is 1. The van der Waals surface area contributed by atoms with Crippen LogP contribution in [-0.4, -0.2) is 38.0 Å². The predicted molar refractivity (Wildman–Crippen MR) is 77.3 cm³/mol. The van der Waals surface area contributed by atoms with Crippen molar-refractivity contribution in [2.24, 2.45) is 0 Å². The van der Waals surface area contributed by atoms with Gasteiger partial charge in [0.1, 0.15) is 0 Å². The molecule has 2 atom stereocenters. The molecule has 1 saturated carbocycles. The minimum atomic E-state index is -3.49. The summed E-state index contributed by atoms with van der Waals surface area (Å²) in [5, 5.41) is 0.444. The lowest BCUT2D eigenvalue weighted by atomic mass is 9.91. The van der Waals surface area contributed by atoms with E-state index in [9.17, 15) is 8.42 Å². The molecule has 0 spiro atoms. The lowest BCUT2D eigenvalue weighted by Crippen LogP contribution is -2.54. The zero-order valence-corrected chi connectivity index (χ0v) is 12.7. The summed E-state index contributed by atoms with van der Waals surface area (Å²) < 4.78 is 33.0. The van der Waals surface area contributed by atoms with Gasteiger partial charge in [0.15, 0.2) is 0 Å². The Kier molecular flexibility index (Phi) is 4.04. The van der Waals surface area contributed by atoms with Crippen LogP contribution < -0.4 is 0 Å². The second kappa shape index (κ2) is 5.64. The fourth-order valence-electron chi connectivity index (χ4n) is 3.12. The molecule has 1 aliphatic carbocycles. The first-order valence-electron chi connectivity index (χ1n) is 6.98. The van der Waals surface area contributed by atoms with Crippen LogP contribution in [0.3, 0.4) is 0 Å². The Labute approximate surface area is 124 Å². The molecule has 2 aliphatic rings. The van der Waals surface area contributed by atoms with Crippen LogP contribution in [-0.2, 0) is 14.8 Å². The van der Waals surface area contributed by atoms with Crippen LogP contribution in [0.25, 0.3) is 0 Å². The Morgan fingerprint density at radius 3 is 2.85 bits per heavy atom. The Morgan fingerprint density at radius 1 is 1.25 bits per heavy atom. The first-order chi connectivity index (χ1) is 9.59. The van der Waals surface area contributed by atoms with Gasteiger partial charge in [-0.05, 0) is 31.0 Å². The third-order valence-corrected chi connectivity index (χ3v) is 6.24. The van der Waals surface area contributed by atoms with E-state index in [0.29, 0.717) is 18.2 Å². The number of morpholine rings is 1. The second-order valence-electron chi connectivity index (χ2n) is 5.33. The van der Waals surface area contributed by atoms with Crippen molar-refractivity contribution in [3.8, 4) is 0 Å². The minimum Gasteiger partial charge on any atom is -0.375 e. The molecule has 1 aromatic carbocycles. The van der Waals surface area contributed by atoms with E-state index in [1.165, 1.54) is 6.07 Å². The summed E-state index contributed by atoms with van der Waals surface area (Å²) in [6, 6.07) is 6.46. The monoisotopic (exact) mass is 315 g/mol. The summed E-state index contributed by atoms with van der Waals surface area (Å²) in [7, 11) is -3.49. The molecule has 1 aromatic rings. The summed E-state index contributed by atoms with van der Waals surface area (Å²) in [5.74, 6) is 0. The molecule has 1 aliphatic heterocycles. The number of hydrogen-bond donors (Lipinski definition) is 0. The number of nitrogens with zero attached hydrogens (tertiary/aromatic N) is 1. The fourth-order valence-corrected chi connectivity index (χ4v) is 5.09. The van der Waals surface area contributed by atoms with Crippen molar-refractivity contribution in [2.75, 3.05) is 13.2 Å². The van der Waals surface area contributed by atoms with Gasteiger partial charge in [0.2, 0.25) is 10.0 Å². The maximum atomic E-state index is 12.8. The Balaban J connectivity index is 1.93. The van der Waals surface area contributed by atoms with E-state index in [1.54, 1.807) is 22.5 Å². The molecular weight excluding hydrogens is 298 g/mol. The van der Waals surface area contributed by atoms with Crippen molar-refractivity contribution < 1.29 is 13.2 Å². The van der Waals surface area contributed by atoms with Gasteiger partial charge in [0.25, 0.3) is 0 Å². The van der Waals surface area contributed by atoms with Gasteiger partial charge in [-0.3, -0.25) is 0 Å². The molecule has 2 fully saturated rings. The molecule has 0 N–H and O–H groups in total. The van der Waals surface area contributed by atoms with E-state index in [4.69, 9.17) is 16.3 Å². The molecule has 20 heavy (non-hydrogen) atoms. The summed E-state index contributed by atoms with van der Waals surface area (Å²) in [6.07, 6.45) is 4.06. The Bertz CT molecular complexity index is 588. The molecule has 4 nitrogen and oxygen atoms in total. The minimum absolute atomic E-state index is 0.0264. The Morgan fingerprint density at radius 2 is 2.05 bits per heavy atom. The molecule has 1 heterocycles. The van der Waals surface area contributed by atoms with Crippen molar-refractivity contribution in [3.63, 3.8) is 0 Å². The highest BCUT2D eigenvalue weighted by Gasteiger charge is 2.40. The molecule has 0 aromatic heterocycles. The largest absolute Gasteiger partial charge is 0.375 e. The van der Waals surface area contributed by atoms with Gasteiger partial charge < -0.3 is 4.74 Å². The average Bonchev–Trinajstić information content (AvgIpc) is 2.46. The van der Waals surface area contributed by atoms with Gasteiger partial charge in [-0.25, -0.2) is 8.42 Å². The number of rotatable bonds is 2. The lowest BCUT2D eigenvalue weighted by Gasteiger charge is -2.42. The van der Waals surface area contributed by atoms with Crippen molar-refractivity contribution in [2.45, 2.75) is 42.7 Å². The van der Waals surface area contributed by atoms with E-state index in [-0.39, 0.29) is 17.0 Å². The first kappa shape index (κ1) is 14.3. The van der Waals surface area contributed by atoms with E-state index < -0.39 is 10.0 Å². The highest BCUT2D eigenvalue weighted by atomic mass is 35.5. The lowest BCUT2D eigenvalue weighted by molar-refractivity contribution is -0.0586. The maximum Gasteiger partial charge on any atom is 0.243 e. The fraction of sp³-hybridized carbons (Fsp3) is 0.571. The number of hydrogen-bond acceptors (Lipinski definition) is 3. The van der Waals surface area contributed by atoms with Crippen LogP contribution in [0.5, 0.6) is 0 Å². The standard InChI is InChI=1S/C14H18ClNO3S/c15-11-4-3-5-12(10-11)20(17,18)16-8-9-19-14-7-2-1-6-13(14)16/h3-5,10,13-14H,1-2,6-9H2. The molecular formula is C14H18ClNO3S. The summed E-state index contributed by atoms with van der Waals surface area (Å²) in [5.41, 5.74) is 0. The van der Waals surface area contributed by atoms with Gasteiger partial charge in [-0.2, -0.15) is 4.31 Å². The van der Waals surface area contributed by atoms with E-state index in [0.717, 1.165) is 25.7 Å². The van der Waals surface area contributed by atoms with Gasteiger partial charge in [-0.15, -0.1) is 0 Å². The number of fused-ring (bicyclic) bond motifs is 1. The van der Waals surface area contributed by atoms with Gasteiger partial charge >= 0.3 is 0 Å². The number of benzene rings is 1. The normalized spacial score (nSPS) is 28.1. The molecule has 3 rings (SSSR count). The summed E-state index contributed by atoms with van der Waals surface area (Å²) in [6.45, 7) is 0.900. The second-order valence-corrected chi connectivity index (χ2v) is 7.66. The van der Waals surface area contributed by atoms with E-state index >= 15 is 0 Å². The van der Waals surface area contributed by atoms with Crippen LogP contribution in [0.4, 0.5) is 0 Å². The van der Waals surface area contributed by atoms with Crippen LogP contribution in [0.1, 0.15) is 25.7 Å². The molecule has 2 unspecified atom stereocenters. The zero-order chi connectivity index (χ0) is 14.2. The van der Waals surface area contributed by atoms with E-state index in [1.807, 2.05) is 0 Å². The number of ether oxygens (including phenoxy) is 1. The van der Waals surface area contributed by atoms with Gasteiger partial charge in [0.05, 0.1) is 23.6 Å². The third kappa shape index (κ3) is 2.60. The molecule has 0 amide bonds. The van der Waals surface area contributed by atoms with E-state index in [2.05, 4.69) is 0 Å². The number of sulfonamides is 1. The third-order valence-electron chi connectivity index (χ3n) is 4.08. The van der Waals surface area contributed by atoms with Crippen molar-refractivity contribution in [1.82, 2.24) is 4.31 Å². The first-order valence-corrected chi connectivity index (χ1v) is 8.80. The van der Waals surface area contributed by atoms with Gasteiger partial charge in [-0.1, -0.05) is 30.5 Å². The topological polar surface area (TPSA) is 46.6 Å². The molecule has 1 saturated heterocycles. The summed E-state index contributed by atoms with van der Waals surface area (Å²) >= 11 is 5.92. The van der Waals surface area contributed by atoms with Crippen LogP contribution >= 0.6 is 11.6 Å².